The van der Waals surface area contributed by atoms with E-state index in [1.165, 1.54) is 12.8 Å². The van der Waals surface area contributed by atoms with Crippen molar-refractivity contribution in [2.45, 2.75) is 63.8 Å². The van der Waals surface area contributed by atoms with Crippen LogP contribution < -0.4 is 10.6 Å². The van der Waals surface area contributed by atoms with Crippen LogP contribution in [0.25, 0.3) is 0 Å². The highest BCUT2D eigenvalue weighted by atomic mass is 32.1. The van der Waals surface area contributed by atoms with Crippen molar-refractivity contribution < 1.29 is 4.79 Å². The van der Waals surface area contributed by atoms with Gasteiger partial charge in [0.2, 0.25) is 0 Å². The van der Waals surface area contributed by atoms with E-state index in [-0.39, 0.29) is 18.1 Å². The van der Waals surface area contributed by atoms with E-state index in [1.807, 2.05) is 6.92 Å². The van der Waals surface area contributed by atoms with Gasteiger partial charge in [-0.3, -0.25) is 0 Å². The van der Waals surface area contributed by atoms with E-state index in [1.54, 1.807) is 0 Å². The van der Waals surface area contributed by atoms with Gasteiger partial charge in [-0.15, -0.1) is 0 Å². The molecule has 1 aliphatic heterocycles. The van der Waals surface area contributed by atoms with Crippen LogP contribution in [0.15, 0.2) is 0 Å². The molecule has 16 heavy (non-hydrogen) atoms. The summed E-state index contributed by atoms with van der Waals surface area (Å²) >= 11 is 4.60. The maximum atomic E-state index is 11.1. The Bertz CT molecular complexity index is 233. The number of hydrogen-bond donors (Lipinski definition) is 3. The molecule has 1 unspecified atom stereocenters. The van der Waals surface area contributed by atoms with Crippen molar-refractivity contribution in [1.82, 2.24) is 10.6 Å². The van der Waals surface area contributed by atoms with E-state index in [0.717, 1.165) is 18.8 Å². The Labute approximate surface area is 104 Å². The summed E-state index contributed by atoms with van der Waals surface area (Å²) in [6, 6.07) is 0.432. The summed E-state index contributed by atoms with van der Waals surface area (Å²) in [7, 11) is 0. The highest BCUT2D eigenvalue weighted by Gasteiger charge is 2.28. The summed E-state index contributed by atoms with van der Waals surface area (Å²) in [5.41, 5.74) is 0. The van der Waals surface area contributed by atoms with Crippen LogP contribution in [0, 0.1) is 5.92 Å². The molecule has 0 aromatic carbocycles. The Hall–Kier alpha value is -0.380. The fourth-order valence-electron chi connectivity index (χ4n) is 2.08. The van der Waals surface area contributed by atoms with E-state index in [0.29, 0.717) is 5.25 Å². The second kappa shape index (κ2) is 6.38. The largest absolute Gasteiger partial charge is 0.334 e. The molecule has 4 heteroatoms. The summed E-state index contributed by atoms with van der Waals surface area (Å²) in [4.78, 5) is 11.1. The Morgan fingerprint density at radius 2 is 2.00 bits per heavy atom. The molecule has 94 valence electrons. The maximum absolute atomic E-state index is 11.1. The van der Waals surface area contributed by atoms with Crippen LogP contribution in [0.2, 0.25) is 0 Å². The van der Waals surface area contributed by atoms with Crippen LogP contribution in [0.1, 0.15) is 46.5 Å². The highest BCUT2D eigenvalue weighted by Crippen LogP contribution is 2.18. The fourth-order valence-corrected chi connectivity index (χ4v) is 2.49. The quantitative estimate of drug-likeness (QED) is 0.618. The minimum atomic E-state index is -0.0415. The van der Waals surface area contributed by atoms with Crippen LogP contribution >= 0.6 is 12.6 Å². The van der Waals surface area contributed by atoms with Crippen molar-refractivity contribution in [3.8, 4) is 0 Å². The molecule has 0 saturated carbocycles. The third-order valence-corrected chi connectivity index (χ3v) is 3.59. The van der Waals surface area contributed by atoms with Gasteiger partial charge < -0.3 is 10.6 Å². The lowest BCUT2D eigenvalue weighted by molar-refractivity contribution is 0.247. The maximum Gasteiger partial charge on any atom is 0.315 e. The van der Waals surface area contributed by atoms with Gasteiger partial charge in [0.05, 0.1) is 6.04 Å². The average Bonchev–Trinajstić information content (AvgIpc) is 2.44. The molecule has 0 aliphatic carbocycles. The molecule has 1 heterocycles. The van der Waals surface area contributed by atoms with Crippen molar-refractivity contribution in [1.29, 1.82) is 0 Å². The van der Waals surface area contributed by atoms with Crippen molar-refractivity contribution in [2.24, 2.45) is 5.92 Å². The summed E-state index contributed by atoms with van der Waals surface area (Å²) in [5.74, 6) is 0.771. The second-order valence-electron chi connectivity index (χ2n) is 5.23. The molecule has 1 rings (SSSR count). The lowest BCUT2D eigenvalue weighted by Gasteiger charge is -2.18. The van der Waals surface area contributed by atoms with Crippen LogP contribution in [0.5, 0.6) is 0 Å². The predicted molar refractivity (Wildman–Crippen MR) is 71.0 cm³/mol. The lowest BCUT2D eigenvalue weighted by Crippen LogP contribution is -2.33. The molecule has 0 bridgehead atoms. The van der Waals surface area contributed by atoms with Crippen LogP contribution in [0.3, 0.4) is 0 Å². The van der Waals surface area contributed by atoms with Gasteiger partial charge in [0.1, 0.15) is 0 Å². The number of urea groups is 1. The molecular weight excluding hydrogens is 220 g/mol. The van der Waals surface area contributed by atoms with E-state index in [2.05, 4.69) is 37.1 Å². The van der Waals surface area contributed by atoms with Gasteiger partial charge in [0.25, 0.3) is 0 Å². The molecule has 2 amide bonds. The molecule has 1 saturated heterocycles. The van der Waals surface area contributed by atoms with Gasteiger partial charge in [-0.05, 0) is 25.7 Å². The first-order chi connectivity index (χ1) is 7.49. The Kier molecular flexibility index (Phi) is 5.46. The lowest BCUT2D eigenvalue weighted by atomic mass is 10.00. The first kappa shape index (κ1) is 13.7. The van der Waals surface area contributed by atoms with Gasteiger partial charge in [0.15, 0.2) is 0 Å². The Morgan fingerprint density at radius 3 is 2.50 bits per heavy atom. The number of hydrogen-bond acceptors (Lipinski definition) is 2. The topological polar surface area (TPSA) is 41.1 Å². The molecule has 2 N–H and O–H groups in total. The minimum Gasteiger partial charge on any atom is -0.334 e. The fraction of sp³-hybridized carbons (Fsp3) is 0.917. The van der Waals surface area contributed by atoms with Gasteiger partial charge in [-0.25, -0.2) is 4.79 Å². The first-order valence-electron chi connectivity index (χ1n) is 6.24. The zero-order chi connectivity index (χ0) is 12.1. The smallest absolute Gasteiger partial charge is 0.315 e. The molecule has 0 radical (unpaired) electrons. The number of rotatable bonds is 6. The normalized spacial score (nSPS) is 26.7. The van der Waals surface area contributed by atoms with Crippen LogP contribution in [-0.4, -0.2) is 23.4 Å². The predicted octanol–water partition coefficient (Wildman–Crippen LogP) is 2.57. The number of amides is 2. The second-order valence-corrected chi connectivity index (χ2v) is 5.96. The molecule has 0 spiro atoms. The van der Waals surface area contributed by atoms with Crippen molar-refractivity contribution in [2.75, 3.05) is 0 Å². The summed E-state index contributed by atoms with van der Waals surface area (Å²) in [6.45, 7) is 6.53. The Morgan fingerprint density at radius 1 is 1.31 bits per heavy atom. The number of carbonyl (C=O) groups excluding carboxylic acids is 1. The molecule has 3 atom stereocenters. The minimum absolute atomic E-state index is 0.0415. The molecule has 1 aliphatic rings. The third kappa shape index (κ3) is 4.64. The molecule has 0 aromatic heterocycles. The summed E-state index contributed by atoms with van der Waals surface area (Å²) in [5, 5.41) is 6.19. The van der Waals surface area contributed by atoms with Crippen LogP contribution in [-0.2, 0) is 0 Å². The zero-order valence-electron chi connectivity index (χ0n) is 10.5. The van der Waals surface area contributed by atoms with Crippen LogP contribution in [0.4, 0.5) is 4.79 Å². The Balaban J connectivity index is 2.18. The van der Waals surface area contributed by atoms with Gasteiger partial charge in [0, 0.05) is 11.3 Å². The van der Waals surface area contributed by atoms with E-state index in [4.69, 9.17) is 0 Å². The first-order valence-corrected chi connectivity index (χ1v) is 6.75. The van der Waals surface area contributed by atoms with E-state index < -0.39 is 0 Å². The molecular formula is C12H24N2OS. The average molecular weight is 244 g/mol. The molecule has 0 aromatic rings. The van der Waals surface area contributed by atoms with Crippen molar-refractivity contribution in [3.05, 3.63) is 0 Å². The standard InChI is InChI=1S/C12H24N2OS/c1-8(2)5-4-6-10(16)7-11-9(3)13-12(15)14-11/h8-11,16H,4-7H2,1-3H3,(H2,13,14,15)/t9-,10?,11+/m0/s1. The number of carbonyl (C=O) groups is 1. The summed E-state index contributed by atoms with van der Waals surface area (Å²) in [6.07, 6.45) is 4.59. The van der Waals surface area contributed by atoms with Gasteiger partial charge in [-0.1, -0.05) is 26.7 Å². The molecule has 1 fully saturated rings. The van der Waals surface area contributed by atoms with Gasteiger partial charge in [-0.2, -0.15) is 12.6 Å². The number of nitrogens with one attached hydrogen (secondary N) is 2. The van der Waals surface area contributed by atoms with E-state index >= 15 is 0 Å². The third-order valence-electron chi connectivity index (χ3n) is 3.12. The number of thiol groups is 1. The van der Waals surface area contributed by atoms with E-state index in [9.17, 15) is 4.79 Å². The zero-order valence-corrected chi connectivity index (χ0v) is 11.4. The molecule has 3 nitrogen and oxygen atoms in total. The van der Waals surface area contributed by atoms with Crippen molar-refractivity contribution in [3.63, 3.8) is 0 Å². The monoisotopic (exact) mass is 244 g/mol. The highest BCUT2D eigenvalue weighted by molar-refractivity contribution is 7.80. The van der Waals surface area contributed by atoms with Crippen molar-refractivity contribution >= 4 is 18.7 Å². The summed E-state index contributed by atoms with van der Waals surface area (Å²) < 4.78 is 0. The van der Waals surface area contributed by atoms with Gasteiger partial charge >= 0.3 is 6.03 Å². The SMILES string of the molecule is CC(C)CCCC(S)C[C@H]1NC(=O)N[C@H]1C.